The number of thiophene rings is 1. The Balaban J connectivity index is 1.84. The molecule has 0 radical (unpaired) electrons. The lowest BCUT2D eigenvalue weighted by Gasteiger charge is -1.88. The van der Waals surface area contributed by atoms with Crippen molar-refractivity contribution in [3.63, 3.8) is 0 Å². The van der Waals surface area contributed by atoms with E-state index in [9.17, 15) is 5.11 Å². The molecule has 0 aliphatic carbocycles. The Labute approximate surface area is 111 Å². The van der Waals surface area contributed by atoms with E-state index < -0.39 is 0 Å². The van der Waals surface area contributed by atoms with Gasteiger partial charge >= 0.3 is 0 Å². The summed E-state index contributed by atoms with van der Waals surface area (Å²) in [6.07, 6.45) is 0.550. The van der Waals surface area contributed by atoms with Crippen molar-refractivity contribution < 1.29 is 9.63 Å². The van der Waals surface area contributed by atoms with Crippen LogP contribution in [0.4, 0.5) is 0 Å². The summed E-state index contributed by atoms with van der Waals surface area (Å²) in [5, 5.41) is 18.2. The second-order valence-corrected chi connectivity index (χ2v) is 5.57. The van der Waals surface area contributed by atoms with E-state index in [4.69, 9.17) is 4.52 Å². The van der Waals surface area contributed by atoms with Crippen LogP contribution in [0.15, 0.2) is 21.3 Å². The SMILES string of the molecule is Cc1csc(Cc2noc(-c3sccc3O)n2)n1. The Kier molecular flexibility index (Phi) is 2.85. The minimum absolute atomic E-state index is 0.167. The van der Waals surface area contributed by atoms with Crippen LogP contribution in [0.5, 0.6) is 5.75 Å². The molecule has 0 spiro atoms. The van der Waals surface area contributed by atoms with Crippen LogP contribution in [0.2, 0.25) is 0 Å². The number of thiazole rings is 1. The molecule has 3 rings (SSSR count). The smallest absolute Gasteiger partial charge is 0.271 e. The molecule has 1 N–H and O–H groups in total. The fourth-order valence-electron chi connectivity index (χ4n) is 1.50. The minimum atomic E-state index is 0.167. The lowest BCUT2D eigenvalue weighted by molar-refractivity contribution is 0.420. The minimum Gasteiger partial charge on any atom is -0.506 e. The van der Waals surface area contributed by atoms with Crippen LogP contribution < -0.4 is 0 Å². The second kappa shape index (κ2) is 4.51. The van der Waals surface area contributed by atoms with Gasteiger partial charge in [0.25, 0.3) is 5.89 Å². The van der Waals surface area contributed by atoms with Crippen LogP contribution >= 0.6 is 22.7 Å². The summed E-state index contributed by atoms with van der Waals surface area (Å²) in [5.74, 6) is 1.10. The summed E-state index contributed by atoms with van der Waals surface area (Å²) in [6.45, 7) is 1.95. The van der Waals surface area contributed by atoms with Crippen molar-refractivity contribution in [1.82, 2.24) is 15.1 Å². The fraction of sp³-hybridized carbons (Fsp3) is 0.182. The van der Waals surface area contributed by atoms with E-state index in [0.29, 0.717) is 23.0 Å². The quantitative estimate of drug-likeness (QED) is 0.798. The Bertz CT molecular complexity index is 671. The predicted molar refractivity (Wildman–Crippen MR) is 68.9 cm³/mol. The molecule has 92 valence electrons. The number of rotatable bonds is 3. The van der Waals surface area contributed by atoms with Gasteiger partial charge in [0, 0.05) is 11.1 Å². The molecule has 0 unspecified atom stereocenters. The Morgan fingerprint density at radius 3 is 2.89 bits per heavy atom. The number of nitrogens with zero attached hydrogens (tertiary/aromatic N) is 3. The van der Waals surface area contributed by atoms with Crippen LogP contribution in [0, 0.1) is 6.92 Å². The monoisotopic (exact) mass is 279 g/mol. The summed E-state index contributed by atoms with van der Waals surface area (Å²) in [7, 11) is 0. The Hall–Kier alpha value is -1.73. The molecule has 0 fully saturated rings. The molecule has 0 amide bonds. The maximum absolute atomic E-state index is 9.58. The molecule has 0 saturated heterocycles. The van der Waals surface area contributed by atoms with E-state index in [2.05, 4.69) is 15.1 Å². The normalized spacial score (nSPS) is 10.9. The third kappa shape index (κ3) is 2.14. The van der Waals surface area contributed by atoms with E-state index in [0.717, 1.165) is 10.7 Å². The van der Waals surface area contributed by atoms with Gasteiger partial charge in [-0.05, 0) is 18.4 Å². The van der Waals surface area contributed by atoms with Crippen molar-refractivity contribution >= 4 is 22.7 Å². The lowest BCUT2D eigenvalue weighted by Crippen LogP contribution is -1.89. The molecule has 3 aromatic rings. The number of aryl methyl sites for hydroxylation is 1. The van der Waals surface area contributed by atoms with Gasteiger partial charge in [0.1, 0.15) is 15.6 Å². The van der Waals surface area contributed by atoms with Gasteiger partial charge in [-0.2, -0.15) is 4.98 Å². The molecule has 0 aromatic carbocycles. The average molecular weight is 279 g/mol. The molecule has 5 nitrogen and oxygen atoms in total. The van der Waals surface area contributed by atoms with Gasteiger partial charge in [0.05, 0.1) is 6.42 Å². The zero-order chi connectivity index (χ0) is 12.5. The first kappa shape index (κ1) is 11.4. The van der Waals surface area contributed by atoms with Gasteiger partial charge < -0.3 is 9.63 Å². The van der Waals surface area contributed by atoms with Gasteiger partial charge in [-0.25, -0.2) is 4.98 Å². The zero-order valence-electron chi connectivity index (χ0n) is 9.45. The highest BCUT2D eigenvalue weighted by Crippen LogP contribution is 2.33. The predicted octanol–water partition coefficient (Wildman–Crippen LogP) is 2.86. The number of aromatic hydroxyl groups is 1. The van der Waals surface area contributed by atoms with E-state index in [1.807, 2.05) is 12.3 Å². The van der Waals surface area contributed by atoms with E-state index in [1.165, 1.54) is 11.3 Å². The van der Waals surface area contributed by atoms with Gasteiger partial charge in [0.15, 0.2) is 5.82 Å². The molecule has 3 aromatic heterocycles. The second-order valence-electron chi connectivity index (χ2n) is 3.71. The molecule has 0 atom stereocenters. The van der Waals surface area contributed by atoms with Crippen molar-refractivity contribution in [2.45, 2.75) is 13.3 Å². The molecule has 0 aliphatic rings. The highest BCUT2D eigenvalue weighted by atomic mass is 32.1. The molecule has 18 heavy (non-hydrogen) atoms. The van der Waals surface area contributed by atoms with Crippen molar-refractivity contribution in [3.05, 3.63) is 33.4 Å². The van der Waals surface area contributed by atoms with Crippen LogP contribution in [-0.4, -0.2) is 20.2 Å². The molecule has 3 heterocycles. The molecule has 0 aliphatic heterocycles. The molecule has 0 bridgehead atoms. The maximum Gasteiger partial charge on any atom is 0.271 e. The van der Waals surface area contributed by atoms with Crippen LogP contribution in [0.25, 0.3) is 10.8 Å². The summed E-state index contributed by atoms with van der Waals surface area (Å²) in [5.41, 5.74) is 0.995. The number of hydrogen-bond donors (Lipinski definition) is 1. The highest BCUT2D eigenvalue weighted by molar-refractivity contribution is 7.13. The number of hydrogen-bond acceptors (Lipinski definition) is 7. The van der Waals surface area contributed by atoms with Gasteiger partial charge in [0.2, 0.25) is 0 Å². The van der Waals surface area contributed by atoms with Crippen molar-refractivity contribution in [1.29, 1.82) is 0 Å². The fourth-order valence-corrected chi connectivity index (χ4v) is 2.97. The highest BCUT2D eigenvalue weighted by Gasteiger charge is 2.15. The topological polar surface area (TPSA) is 72.0 Å². The van der Waals surface area contributed by atoms with Crippen LogP contribution in [0.1, 0.15) is 16.5 Å². The van der Waals surface area contributed by atoms with Crippen molar-refractivity contribution in [2.24, 2.45) is 0 Å². The third-order valence-electron chi connectivity index (χ3n) is 2.28. The summed E-state index contributed by atoms with van der Waals surface area (Å²) in [6, 6.07) is 1.61. The van der Waals surface area contributed by atoms with Crippen LogP contribution in [-0.2, 0) is 6.42 Å². The van der Waals surface area contributed by atoms with E-state index >= 15 is 0 Å². The van der Waals surface area contributed by atoms with Crippen molar-refractivity contribution in [3.8, 4) is 16.5 Å². The first-order valence-corrected chi connectivity index (χ1v) is 6.99. The molecular weight excluding hydrogens is 270 g/mol. The lowest BCUT2D eigenvalue weighted by atomic mass is 10.4. The maximum atomic E-state index is 9.58. The molecule has 0 saturated carbocycles. The zero-order valence-corrected chi connectivity index (χ0v) is 11.1. The third-order valence-corrected chi connectivity index (χ3v) is 4.14. The summed E-state index contributed by atoms with van der Waals surface area (Å²) >= 11 is 2.94. The number of aromatic nitrogens is 3. The van der Waals surface area contributed by atoms with Gasteiger partial charge in [-0.15, -0.1) is 22.7 Å². The summed E-state index contributed by atoms with van der Waals surface area (Å²) in [4.78, 5) is 9.20. The largest absolute Gasteiger partial charge is 0.506 e. The molecule has 7 heteroatoms. The average Bonchev–Trinajstić information content (AvgIpc) is 3.02. The first-order valence-electron chi connectivity index (χ1n) is 5.23. The van der Waals surface area contributed by atoms with E-state index in [-0.39, 0.29) is 5.75 Å². The Morgan fingerprint density at radius 2 is 2.22 bits per heavy atom. The van der Waals surface area contributed by atoms with Crippen molar-refractivity contribution in [2.75, 3.05) is 0 Å². The first-order chi connectivity index (χ1) is 8.72. The Morgan fingerprint density at radius 1 is 1.33 bits per heavy atom. The van der Waals surface area contributed by atoms with Crippen LogP contribution in [0.3, 0.4) is 0 Å². The molecular formula is C11H9N3O2S2. The van der Waals surface area contributed by atoms with E-state index in [1.54, 1.807) is 22.8 Å². The van der Waals surface area contributed by atoms with Gasteiger partial charge in [-0.3, -0.25) is 0 Å². The standard InChI is InChI=1S/C11H9N3O2S2/c1-6-5-18-9(12-6)4-8-13-11(16-14-8)10-7(15)2-3-17-10/h2-3,5,15H,4H2,1H3. The summed E-state index contributed by atoms with van der Waals surface area (Å²) < 4.78 is 5.14. The van der Waals surface area contributed by atoms with Gasteiger partial charge in [-0.1, -0.05) is 5.16 Å².